The van der Waals surface area contributed by atoms with Crippen molar-refractivity contribution in [2.45, 2.75) is 70.7 Å². The molecule has 6 nitrogen and oxygen atoms in total. The number of hydrogen-bond donors (Lipinski definition) is 3. The number of alkyl carbamates (subject to hydrolysis) is 1. The minimum Gasteiger partial charge on any atom is -0.444 e. The predicted molar refractivity (Wildman–Crippen MR) is 102 cm³/mol. The van der Waals surface area contributed by atoms with Gasteiger partial charge < -0.3 is 20.7 Å². The summed E-state index contributed by atoms with van der Waals surface area (Å²) in [6.07, 6.45) is 2.92. The van der Waals surface area contributed by atoms with E-state index in [4.69, 9.17) is 16.3 Å². The van der Waals surface area contributed by atoms with Crippen LogP contribution in [0.15, 0.2) is 24.3 Å². The van der Waals surface area contributed by atoms with Crippen LogP contribution in [-0.2, 0) is 11.3 Å². The summed E-state index contributed by atoms with van der Waals surface area (Å²) in [7, 11) is 0. The molecule has 0 heterocycles. The maximum Gasteiger partial charge on any atom is 0.407 e. The van der Waals surface area contributed by atoms with Gasteiger partial charge in [0.2, 0.25) is 0 Å². The van der Waals surface area contributed by atoms with Crippen LogP contribution < -0.4 is 16.0 Å². The average Bonchev–Trinajstić information content (AvgIpc) is 2.54. The molecule has 0 spiro atoms. The number of halogens is 1. The molecule has 0 aliphatic heterocycles. The Bertz CT molecular complexity index is 605. The third-order valence-corrected chi connectivity index (χ3v) is 4.40. The molecule has 3 amide bonds. The molecule has 0 unspecified atom stereocenters. The first kappa shape index (κ1) is 20.4. The summed E-state index contributed by atoms with van der Waals surface area (Å²) in [6, 6.07) is 7.41. The number of amides is 3. The van der Waals surface area contributed by atoms with Crippen LogP contribution in [0.25, 0.3) is 0 Å². The van der Waals surface area contributed by atoms with E-state index in [0.29, 0.717) is 11.6 Å². The molecule has 2 rings (SSSR count). The molecule has 0 radical (unpaired) electrons. The summed E-state index contributed by atoms with van der Waals surface area (Å²) in [5, 5.41) is 9.42. The Morgan fingerprint density at radius 3 is 2.12 bits per heavy atom. The molecule has 144 valence electrons. The minimum absolute atomic E-state index is 0.0972. The fraction of sp³-hybridized carbons (Fsp3) is 0.579. The van der Waals surface area contributed by atoms with Crippen molar-refractivity contribution in [1.29, 1.82) is 0 Å². The summed E-state index contributed by atoms with van der Waals surface area (Å²) < 4.78 is 5.28. The van der Waals surface area contributed by atoms with Crippen LogP contribution in [0.4, 0.5) is 9.59 Å². The third-order valence-electron chi connectivity index (χ3n) is 4.15. The predicted octanol–water partition coefficient (Wildman–Crippen LogP) is 3.98. The monoisotopic (exact) mass is 381 g/mol. The molecule has 1 aromatic carbocycles. The first-order valence-corrected chi connectivity index (χ1v) is 9.37. The highest BCUT2D eigenvalue weighted by atomic mass is 35.5. The van der Waals surface area contributed by atoms with E-state index in [1.165, 1.54) is 0 Å². The molecular formula is C19H28ClN3O3. The highest BCUT2D eigenvalue weighted by Gasteiger charge is 2.25. The lowest BCUT2D eigenvalue weighted by Gasteiger charge is -2.30. The molecule has 7 heteroatoms. The Kier molecular flexibility index (Phi) is 7.14. The second kappa shape index (κ2) is 9.12. The molecule has 0 atom stereocenters. The standard InChI is InChI=1S/C19H28ClN3O3/c1-19(2,3)26-18(25)23-16-10-8-15(9-11-16)22-17(24)21-12-13-4-6-14(20)7-5-13/h4-7,15-16H,8-12H2,1-3H3,(H,23,25)(H2,21,22,24)/t15-,16+. The maximum atomic E-state index is 12.0. The van der Waals surface area contributed by atoms with Gasteiger partial charge in [0.1, 0.15) is 5.60 Å². The summed E-state index contributed by atoms with van der Waals surface area (Å²) >= 11 is 5.84. The number of nitrogens with one attached hydrogen (secondary N) is 3. The minimum atomic E-state index is -0.495. The number of carbonyl (C=O) groups is 2. The van der Waals surface area contributed by atoms with Gasteiger partial charge >= 0.3 is 12.1 Å². The van der Waals surface area contributed by atoms with Crippen LogP contribution in [0.5, 0.6) is 0 Å². The summed E-state index contributed by atoms with van der Waals surface area (Å²) in [5.41, 5.74) is 0.500. The molecule has 1 saturated carbocycles. The number of carbonyl (C=O) groups excluding carboxylic acids is 2. The smallest absolute Gasteiger partial charge is 0.407 e. The van der Waals surface area contributed by atoms with Gasteiger partial charge in [-0.3, -0.25) is 0 Å². The van der Waals surface area contributed by atoms with E-state index >= 15 is 0 Å². The van der Waals surface area contributed by atoms with Crippen molar-refractivity contribution in [3.8, 4) is 0 Å². The van der Waals surface area contributed by atoms with Crippen molar-refractivity contribution >= 4 is 23.7 Å². The van der Waals surface area contributed by atoms with Crippen molar-refractivity contribution < 1.29 is 14.3 Å². The Labute approximate surface area is 160 Å². The highest BCUT2D eigenvalue weighted by molar-refractivity contribution is 6.30. The molecule has 0 aromatic heterocycles. The van der Waals surface area contributed by atoms with Crippen LogP contribution >= 0.6 is 11.6 Å². The number of ether oxygens (including phenoxy) is 1. The van der Waals surface area contributed by atoms with Gasteiger partial charge in [0.15, 0.2) is 0 Å². The number of rotatable bonds is 4. The van der Waals surface area contributed by atoms with Gasteiger partial charge in [0.25, 0.3) is 0 Å². The quantitative estimate of drug-likeness (QED) is 0.738. The lowest BCUT2D eigenvalue weighted by Crippen LogP contribution is -2.47. The molecule has 0 bridgehead atoms. The van der Waals surface area contributed by atoms with Gasteiger partial charge in [-0.15, -0.1) is 0 Å². The van der Waals surface area contributed by atoms with Crippen molar-refractivity contribution in [3.05, 3.63) is 34.9 Å². The largest absolute Gasteiger partial charge is 0.444 e. The van der Waals surface area contributed by atoms with Gasteiger partial charge in [-0.05, 0) is 64.2 Å². The summed E-state index contributed by atoms with van der Waals surface area (Å²) in [6.45, 7) is 5.99. The summed E-state index contributed by atoms with van der Waals surface area (Å²) in [4.78, 5) is 23.8. The van der Waals surface area contributed by atoms with Gasteiger partial charge in [0.05, 0.1) is 0 Å². The van der Waals surface area contributed by atoms with Crippen LogP contribution in [-0.4, -0.2) is 29.8 Å². The molecule has 1 aliphatic carbocycles. The van der Waals surface area contributed by atoms with Gasteiger partial charge in [-0.2, -0.15) is 0 Å². The Hall–Kier alpha value is -1.95. The zero-order valence-corrected chi connectivity index (χ0v) is 16.4. The van der Waals surface area contributed by atoms with Gasteiger partial charge in [0, 0.05) is 23.7 Å². The first-order chi connectivity index (χ1) is 12.2. The van der Waals surface area contributed by atoms with Crippen LogP contribution in [0.1, 0.15) is 52.0 Å². The van der Waals surface area contributed by atoms with E-state index in [1.807, 2.05) is 32.9 Å². The Balaban J connectivity index is 1.65. The van der Waals surface area contributed by atoms with E-state index in [1.54, 1.807) is 12.1 Å². The van der Waals surface area contributed by atoms with Crippen molar-refractivity contribution in [1.82, 2.24) is 16.0 Å². The van der Waals surface area contributed by atoms with Crippen LogP contribution in [0, 0.1) is 0 Å². The van der Waals surface area contributed by atoms with E-state index in [9.17, 15) is 9.59 Å². The molecule has 1 fully saturated rings. The zero-order valence-electron chi connectivity index (χ0n) is 15.6. The van der Waals surface area contributed by atoms with E-state index < -0.39 is 5.60 Å². The number of hydrogen-bond acceptors (Lipinski definition) is 3. The Morgan fingerprint density at radius 1 is 1.04 bits per heavy atom. The van der Waals surface area contributed by atoms with Crippen LogP contribution in [0.3, 0.4) is 0 Å². The number of benzene rings is 1. The van der Waals surface area contributed by atoms with E-state index in [0.717, 1.165) is 31.2 Å². The first-order valence-electron chi connectivity index (χ1n) is 8.99. The molecular weight excluding hydrogens is 354 g/mol. The van der Waals surface area contributed by atoms with Gasteiger partial charge in [-0.25, -0.2) is 9.59 Å². The third kappa shape index (κ3) is 7.52. The van der Waals surface area contributed by atoms with Gasteiger partial charge in [-0.1, -0.05) is 23.7 Å². The normalized spacial score (nSPS) is 20.2. The van der Waals surface area contributed by atoms with E-state index in [2.05, 4.69) is 16.0 Å². The second-order valence-electron chi connectivity index (χ2n) is 7.65. The zero-order chi connectivity index (χ0) is 19.2. The van der Waals surface area contributed by atoms with Crippen molar-refractivity contribution in [2.24, 2.45) is 0 Å². The van der Waals surface area contributed by atoms with Crippen molar-refractivity contribution in [3.63, 3.8) is 0 Å². The summed E-state index contributed by atoms with van der Waals surface area (Å²) in [5.74, 6) is 0. The lowest BCUT2D eigenvalue weighted by atomic mass is 9.91. The SMILES string of the molecule is CC(C)(C)OC(=O)N[C@H]1CC[C@@H](NC(=O)NCc2ccc(Cl)cc2)CC1. The molecule has 0 saturated heterocycles. The van der Waals surface area contributed by atoms with Crippen LogP contribution in [0.2, 0.25) is 5.02 Å². The molecule has 1 aliphatic rings. The molecule has 26 heavy (non-hydrogen) atoms. The highest BCUT2D eigenvalue weighted by Crippen LogP contribution is 2.19. The van der Waals surface area contributed by atoms with Crippen molar-refractivity contribution in [2.75, 3.05) is 0 Å². The fourth-order valence-corrected chi connectivity index (χ4v) is 3.00. The molecule has 3 N–H and O–H groups in total. The maximum absolute atomic E-state index is 12.0. The topological polar surface area (TPSA) is 79.5 Å². The number of urea groups is 1. The fourth-order valence-electron chi connectivity index (χ4n) is 2.88. The second-order valence-corrected chi connectivity index (χ2v) is 8.08. The molecule has 1 aromatic rings. The average molecular weight is 382 g/mol. The lowest BCUT2D eigenvalue weighted by molar-refractivity contribution is 0.0490. The van der Waals surface area contributed by atoms with E-state index in [-0.39, 0.29) is 24.2 Å². The Morgan fingerprint density at radius 2 is 1.58 bits per heavy atom.